The number of halogens is 3. The fraction of sp³-hybridized carbons (Fsp3) is 0.0909. The lowest BCUT2D eigenvalue weighted by Gasteiger charge is -2.11. The van der Waals surface area contributed by atoms with Gasteiger partial charge in [0.2, 0.25) is 0 Å². The number of nitrogens with zero attached hydrogens (tertiary/aromatic N) is 1. The predicted octanol–water partition coefficient (Wildman–Crippen LogP) is 5.90. The van der Waals surface area contributed by atoms with Gasteiger partial charge in [-0.1, -0.05) is 41.9 Å². The van der Waals surface area contributed by atoms with Crippen molar-refractivity contribution < 1.29 is 14.3 Å². The highest BCUT2D eigenvalue weighted by atomic mass is 127. The minimum absolute atomic E-state index is 0.260. The lowest BCUT2D eigenvalue weighted by Crippen LogP contribution is -2.18. The van der Waals surface area contributed by atoms with E-state index >= 15 is 0 Å². The number of hydrazone groups is 1. The molecule has 3 aromatic carbocycles. The van der Waals surface area contributed by atoms with Crippen molar-refractivity contribution in [1.82, 2.24) is 5.43 Å². The molecule has 0 aliphatic rings. The lowest BCUT2D eigenvalue weighted by atomic mass is 10.2. The molecule has 0 heterocycles. The summed E-state index contributed by atoms with van der Waals surface area (Å²) in [6, 6.07) is 18.3. The van der Waals surface area contributed by atoms with Crippen LogP contribution in [0.15, 0.2) is 65.8 Å². The van der Waals surface area contributed by atoms with Gasteiger partial charge in [0.1, 0.15) is 18.1 Å². The molecule has 0 aliphatic carbocycles. The van der Waals surface area contributed by atoms with Gasteiger partial charge in [0, 0.05) is 10.6 Å². The van der Waals surface area contributed by atoms with Crippen LogP contribution in [0.1, 0.15) is 21.5 Å². The Bertz CT molecular complexity index is 1070. The molecule has 0 aromatic heterocycles. The maximum atomic E-state index is 12.6. The molecule has 8 heteroatoms. The van der Waals surface area contributed by atoms with Crippen LogP contribution in [0.3, 0.4) is 0 Å². The van der Waals surface area contributed by atoms with E-state index in [0.717, 1.165) is 24.0 Å². The molecule has 0 fully saturated rings. The molecule has 0 unspecified atom stereocenters. The highest BCUT2D eigenvalue weighted by Crippen LogP contribution is 2.28. The number of nitrogens with one attached hydrogen (secondary N) is 1. The number of amides is 1. The molecule has 0 saturated carbocycles. The molecule has 0 spiro atoms. The molecule has 0 aliphatic heterocycles. The topological polar surface area (TPSA) is 59.9 Å². The van der Waals surface area contributed by atoms with Crippen molar-refractivity contribution in [3.05, 3.63) is 89.5 Å². The van der Waals surface area contributed by atoms with E-state index in [9.17, 15) is 4.79 Å². The Morgan fingerprint density at radius 2 is 1.77 bits per heavy atom. The van der Waals surface area contributed by atoms with E-state index in [-0.39, 0.29) is 12.5 Å². The molecule has 0 radical (unpaired) electrons. The second-order valence-corrected chi connectivity index (χ2v) is 8.82. The third-order valence-electron chi connectivity index (χ3n) is 4.08. The number of hydrogen-bond donors (Lipinski definition) is 1. The number of carbonyl (C=O) groups is 1. The van der Waals surface area contributed by atoms with E-state index in [1.165, 1.54) is 0 Å². The maximum absolute atomic E-state index is 12.6. The standard InChI is InChI=1S/C22H17ClI2N2O3/c1-29-21-18(24)10-14(11-19(21)25)12-26-27-22(28)16-7-3-5-9-20(16)30-13-15-6-2-4-8-17(15)23/h2-12H,13H2,1H3,(H,27,28)/b26-12+. The third kappa shape index (κ3) is 5.86. The SMILES string of the molecule is COc1c(I)cc(/C=N/NC(=O)c2ccccc2OCc2ccccc2Cl)cc1I. The molecule has 3 rings (SSSR count). The summed E-state index contributed by atoms with van der Waals surface area (Å²) in [4.78, 5) is 12.6. The summed E-state index contributed by atoms with van der Waals surface area (Å²) < 4.78 is 13.1. The van der Waals surface area contributed by atoms with Crippen LogP contribution >= 0.6 is 56.8 Å². The third-order valence-corrected chi connectivity index (χ3v) is 6.05. The summed E-state index contributed by atoms with van der Waals surface area (Å²) >= 11 is 10.6. The summed E-state index contributed by atoms with van der Waals surface area (Å²) in [5.74, 6) is 0.916. The van der Waals surface area contributed by atoms with E-state index in [1.807, 2.05) is 36.4 Å². The van der Waals surface area contributed by atoms with Gasteiger partial charge in [0.15, 0.2) is 0 Å². The quantitative estimate of drug-likeness (QED) is 0.198. The molecular weight excluding hydrogens is 630 g/mol. The van der Waals surface area contributed by atoms with Crippen LogP contribution in [-0.2, 0) is 6.61 Å². The first-order chi connectivity index (χ1) is 14.5. The van der Waals surface area contributed by atoms with Crippen LogP contribution in [-0.4, -0.2) is 19.2 Å². The maximum Gasteiger partial charge on any atom is 0.275 e. The van der Waals surface area contributed by atoms with Gasteiger partial charge < -0.3 is 9.47 Å². The van der Waals surface area contributed by atoms with Crippen molar-refractivity contribution in [2.45, 2.75) is 6.61 Å². The average molecular weight is 647 g/mol. The van der Waals surface area contributed by atoms with Crippen molar-refractivity contribution in [3.8, 4) is 11.5 Å². The van der Waals surface area contributed by atoms with Gasteiger partial charge in [0.25, 0.3) is 5.91 Å². The molecule has 0 saturated heterocycles. The van der Waals surface area contributed by atoms with E-state index in [0.29, 0.717) is 16.3 Å². The fourth-order valence-corrected chi connectivity index (χ4v) is 5.07. The van der Waals surface area contributed by atoms with E-state index in [1.54, 1.807) is 37.6 Å². The Balaban J connectivity index is 1.69. The van der Waals surface area contributed by atoms with Gasteiger partial charge in [-0.05, 0) is 81.1 Å². The minimum atomic E-state index is -0.362. The smallest absolute Gasteiger partial charge is 0.275 e. The Hall–Kier alpha value is -1.85. The Morgan fingerprint density at radius 1 is 1.10 bits per heavy atom. The zero-order valence-corrected chi connectivity index (χ0v) is 20.9. The molecule has 30 heavy (non-hydrogen) atoms. The summed E-state index contributed by atoms with van der Waals surface area (Å²) in [7, 11) is 1.64. The molecule has 3 aromatic rings. The predicted molar refractivity (Wildman–Crippen MR) is 136 cm³/mol. The first kappa shape index (κ1) is 22.8. The van der Waals surface area contributed by atoms with Crippen molar-refractivity contribution in [2.24, 2.45) is 5.10 Å². The van der Waals surface area contributed by atoms with E-state index in [2.05, 4.69) is 55.7 Å². The van der Waals surface area contributed by atoms with Gasteiger partial charge in [-0.25, -0.2) is 5.43 Å². The largest absolute Gasteiger partial charge is 0.495 e. The summed E-state index contributed by atoms with van der Waals surface area (Å²) in [6.45, 7) is 0.260. The van der Waals surface area contributed by atoms with Crippen molar-refractivity contribution in [1.29, 1.82) is 0 Å². The number of benzene rings is 3. The van der Waals surface area contributed by atoms with Crippen molar-refractivity contribution >= 4 is 68.9 Å². The normalized spacial score (nSPS) is 10.8. The zero-order valence-electron chi connectivity index (χ0n) is 15.9. The molecule has 0 atom stereocenters. The first-order valence-corrected chi connectivity index (χ1v) is 11.3. The van der Waals surface area contributed by atoms with Gasteiger partial charge in [0.05, 0.1) is 26.0 Å². The van der Waals surface area contributed by atoms with Crippen LogP contribution in [0.4, 0.5) is 0 Å². The van der Waals surface area contributed by atoms with Gasteiger partial charge in [-0.2, -0.15) is 5.10 Å². The summed E-state index contributed by atoms with van der Waals surface area (Å²) in [5, 5.41) is 4.70. The van der Waals surface area contributed by atoms with E-state index in [4.69, 9.17) is 21.1 Å². The number of carbonyl (C=O) groups excluding carboxylic acids is 1. The highest BCUT2D eigenvalue weighted by molar-refractivity contribution is 14.1. The van der Waals surface area contributed by atoms with Crippen LogP contribution in [0.5, 0.6) is 11.5 Å². The summed E-state index contributed by atoms with van der Waals surface area (Å²) in [5.41, 5.74) is 4.64. The van der Waals surface area contributed by atoms with Gasteiger partial charge >= 0.3 is 0 Å². The summed E-state index contributed by atoms with van der Waals surface area (Å²) in [6.07, 6.45) is 1.59. The van der Waals surface area contributed by atoms with Crippen molar-refractivity contribution in [2.75, 3.05) is 7.11 Å². The van der Waals surface area contributed by atoms with Crippen LogP contribution < -0.4 is 14.9 Å². The zero-order chi connectivity index (χ0) is 21.5. The van der Waals surface area contributed by atoms with Crippen molar-refractivity contribution in [3.63, 3.8) is 0 Å². The van der Waals surface area contributed by atoms with Crippen LogP contribution in [0, 0.1) is 7.14 Å². The Kier molecular flexibility index (Phi) is 8.34. The molecular formula is C22H17ClI2N2O3. The second-order valence-electron chi connectivity index (χ2n) is 6.09. The number of methoxy groups -OCH3 is 1. The minimum Gasteiger partial charge on any atom is -0.495 e. The molecule has 154 valence electrons. The monoisotopic (exact) mass is 646 g/mol. The molecule has 1 N–H and O–H groups in total. The van der Waals surface area contributed by atoms with Gasteiger partial charge in [-0.3, -0.25) is 4.79 Å². The number of ether oxygens (including phenoxy) is 2. The van der Waals surface area contributed by atoms with E-state index < -0.39 is 0 Å². The molecule has 1 amide bonds. The second kappa shape index (κ2) is 11.0. The van der Waals surface area contributed by atoms with Gasteiger partial charge in [-0.15, -0.1) is 0 Å². The highest BCUT2D eigenvalue weighted by Gasteiger charge is 2.12. The number of para-hydroxylation sites is 1. The molecule has 5 nitrogen and oxygen atoms in total. The van der Waals surface area contributed by atoms with Crippen LogP contribution in [0.25, 0.3) is 0 Å². The van der Waals surface area contributed by atoms with Crippen LogP contribution in [0.2, 0.25) is 5.02 Å². The average Bonchev–Trinajstić information content (AvgIpc) is 2.73. The fourth-order valence-electron chi connectivity index (χ4n) is 2.63. The number of hydrogen-bond acceptors (Lipinski definition) is 4. The lowest BCUT2D eigenvalue weighted by molar-refractivity contribution is 0.0950. The Morgan fingerprint density at radius 3 is 2.47 bits per heavy atom. The molecule has 0 bridgehead atoms. The number of rotatable bonds is 7. The first-order valence-electron chi connectivity index (χ1n) is 8.81. The Labute approximate surface area is 207 Å².